The van der Waals surface area contributed by atoms with Crippen LogP contribution in [0.2, 0.25) is 0 Å². The van der Waals surface area contributed by atoms with E-state index in [4.69, 9.17) is 16.3 Å². The monoisotopic (exact) mass is 270 g/mol. The minimum atomic E-state index is 0.678. The molecule has 0 bridgehead atoms. The van der Waals surface area contributed by atoms with Crippen molar-refractivity contribution in [3.63, 3.8) is 0 Å². The van der Waals surface area contributed by atoms with Crippen LogP contribution in [-0.2, 0) is 0 Å². The number of H-pyrrole nitrogens is 1. The van der Waals surface area contributed by atoms with Gasteiger partial charge in [0.05, 0.1) is 17.6 Å². The summed E-state index contributed by atoms with van der Waals surface area (Å²) in [7, 11) is 0. The second-order valence-electron chi connectivity index (χ2n) is 3.54. The third kappa shape index (κ3) is 3.30. The van der Waals surface area contributed by atoms with Crippen molar-refractivity contribution in [2.45, 2.75) is 18.5 Å². The molecule has 0 unspecified atom stereocenters. The number of alkyl halides is 1. The van der Waals surface area contributed by atoms with E-state index >= 15 is 0 Å². The number of nitrogens with one attached hydrogen (secondary N) is 1. The number of benzene rings is 1. The summed E-state index contributed by atoms with van der Waals surface area (Å²) in [5.41, 5.74) is 1.99. The minimum Gasteiger partial charge on any atom is -0.494 e. The van der Waals surface area contributed by atoms with E-state index in [1.165, 1.54) is 0 Å². The van der Waals surface area contributed by atoms with Gasteiger partial charge < -0.3 is 9.72 Å². The van der Waals surface area contributed by atoms with Gasteiger partial charge in [0, 0.05) is 17.7 Å². The second-order valence-corrected chi connectivity index (χ2v) is 5.01. The van der Waals surface area contributed by atoms with Gasteiger partial charge in [0.1, 0.15) is 5.75 Å². The number of imidazole rings is 1. The van der Waals surface area contributed by atoms with Crippen LogP contribution in [0, 0.1) is 0 Å². The number of fused-ring (bicyclic) bond motifs is 1. The number of nitrogens with zero attached hydrogens (tertiary/aromatic N) is 1. The largest absolute Gasteiger partial charge is 0.494 e. The summed E-state index contributed by atoms with van der Waals surface area (Å²) in [6, 6.07) is 5.90. The average Bonchev–Trinajstić information content (AvgIpc) is 2.72. The van der Waals surface area contributed by atoms with Crippen LogP contribution in [0.4, 0.5) is 0 Å². The van der Waals surface area contributed by atoms with Crippen LogP contribution in [0.1, 0.15) is 13.3 Å². The van der Waals surface area contributed by atoms with Gasteiger partial charge in [-0.1, -0.05) is 11.8 Å². The molecular formula is C12H15ClN2OS. The van der Waals surface area contributed by atoms with Crippen LogP contribution >= 0.6 is 23.4 Å². The lowest BCUT2D eigenvalue weighted by atomic mass is 10.3. The zero-order chi connectivity index (χ0) is 12.1. The minimum absolute atomic E-state index is 0.678. The van der Waals surface area contributed by atoms with E-state index in [2.05, 4.69) is 9.97 Å². The molecule has 0 saturated heterocycles. The fourth-order valence-corrected chi connectivity index (χ4v) is 2.63. The van der Waals surface area contributed by atoms with Gasteiger partial charge in [-0.2, -0.15) is 0 Å². The Bertz CT molecular complexity index is 486. The molecule has 0 aliphatic heterocycles. The molecule has 0 atom stereocenters. The van der Waals surface area contributed by atoms with Gasteiger partial charge >= 0.3 is 0 Å². The molecule has 1 aromatic heterocycles. The molecular weight excluding hydrogens is 256 g/mol. The Kier molecular flexibility index (Phi) is 4.57. The number of aromatic amines is 1. The smallest absolute Gasteiger partial charge is 0.166 e. The molecule has 2 rings (SSSR count). The quantitative estimate of drug-likeness (QED) is 0.494. The highest BCUT2D eigenvalue weighted by atomic mass is 35.5. The fourth-order valence-electron chi connectivity index (χ4n) is 1.51. The van der Waals surface area contributed by atoms with Crippen molar-refractivity contribution in [1.82, 2.24) is 9.97 Å². The van der Waals surface area contributed by atoms with Crippen LogP contribution in [0.3, 0.4) is 0 Å². The summed E-state index contributed by atoms with van der Waals surface area (Å²) < 4.78 is 5.45. The molecule has 0 aliphatic carbocycles. The second kappa shape index (κ2) is 6.17. The molecule has 92 valence electrons. The van der Waals surface area contributed by atoms with Crippen molar-refractivity contribution in [3.8, 4) is 5.75 Å². The van der Waals surface area contributed by atoms with Crippen LogP contribution in [0.5, 0.6) is 5.75 Å². The summed E-state index contributed by atoms with van der Waals surface area (Å²) in [6.45, 7) is 2.65. The van der Waals surface area contributed by atoms with E-state index in [-0.39, 0.29) is 0 Å². The van der Waals surface area contributed by atoms with Gasteiger partial charge in [0.2, 0.25) is 0 Å². The number of hydrogen-bond donors (Lipinski definition) is 1. The standard InChI is InChI=1S/C12H15ClN2OS/c1-2-16-9-4-5-10-11(8-9)15-12(14-10)17-7-3-6-13/h4-5,8H,2-3,6-7H2,1H3,(H,14,15). The van der Waals surface area contributed by atoms with Gasteiger partial charge in [-0.3, -0.25) is 0 Å². The SMILES string of the molecule is CCOc1ccc2nc(SCCCCl)[nH]c2c1. The van der Waals surface area contributed by atoms with Crippen molar-refractivity contribution >= 4 is 34.4 Å². The molecule has 0 spiro atoms. The van der Waals surface area contributed by atoms with Gasteiger partial charge in [-0.05, 0) is 25.5 Å². The molecule has 0 saturated carbocycles. The molecule has 17 heavy (non-hydrogen) atoms. The van der Waals surface area contributed by atoms with Crippen LogP contribution in [0.25, 0.3) is 11.0 Å². The maximum atomic E-state index is 5.64. The molecule has 0 radical (unpaired) electrons. The Morgan fingerprint density at radius 3 is 3.12 bits per heavy atom. The highest BCUT2D eigenvalue weighted by Crippen LogP contribution is 2.23. The van der Waals surface area contributed by atoms with Gasteiger partial charge in [0.25, 0.3) is 0 Å². The predicted octanol–water partition coefficient (Wildman–Crippen LogP) is 3.68. The predicted molar refractivity (Wildman–Crippen MR) is 73.3 cm³/mol. The van der Waals surface area contributed by atoms with Crippen LogP contribution in [0.15, 0.2) is 23.4 Å². The maximum absolute atomic E-state index is 5.64. The van der Waals surface area contributed by atoms with Crippen molar-refractivity contribution in [3.05, 3.63) is 18.2 Å². The number of halogens is 1. The third-order valence-electron chi connectivity index (χ3n) is 2.26. The Labute approximate surface area is 110 Å². The lowest BCUT2D eigenvalue weighted by Crippen LogP contribution is -1.90. The first-order chi connectivity index (χ1) is 8.33. The van der Waals surface area contributed by atoms with Crippen molar-refractivity contribution in [2.24, 2.45) is 0 Å². The highest BCUT2D eigenvalue weighted by Gasteiger charge is 2.04. The number of hydrogen-bond acceptors (Lipinski definition) is 3. The lowest BCUT2D eigenvalue weighted by molar-refractivity contribution is 0.340. The van der Waals surface area contributed by atoms with Crippen molar-refractivity contribution in [2.75, 3.05) is 18.2 Å². The number of aromatic nitrogens is 2. The summed E-state index contributed by atoms with van der Waals surface area (Å²) >= 11 is 7.34. The molecule has 1 N–H and O–H groups in total. The molecule has 0 fully saturated rings. The van der Waals surface area contributed by atoms with E-state index in [9.17, 15) is 0 Å². The van der Waals surface area contributed by atoms with E-state index in [1.807, 2.05) is 25.1 Å². The van der Waals surface area contributed by atoms with Crippen molar-refractivity contribution < 1.29 is 4.74 Å². The average molecular weight is 271 g/mol. The maximum Gasteiger partial charge on any atom is 0.166 e. The Hall–Kier alpha value is -0.870. The fraction of sp³-hybridized carbons (Fsp3) is 0.417. The lowest BCUT2D eigenvalue weighted by Gasteiger charge is -2.00. The first-order valence-electron chi connectivity index (χ1n) is 5.65. The third-order valence-corrected chi connectivity index (χ3v) is 3.49. The van der Waals surface area contributed by atoms with Gasteiger partial charge in [-0.25, -0.2) is 4.98 Å². The molecule has 0 amide bonds. The summed E-state index contributed by atoms with van der Waals surface area (Å²) in [6.07, 6.45) is 0.994. The Morgan fingerprint density at radius 2 is 2.35 bits per heavy atom. The number of rotatable bonds is 6. The normalized spacial score (nSPS) is 10.9. The number of ether oxygens (including phenoxy) is 1. The zero-order valence-electron chi connectivity index (χ0n) is 9.70. The molecule has 3 nitrogen and oxygen atoms in total. The van der Waals surface area contributed by atoms with E-state index < -0.39 is 0 Å². The van der Waals surface area contributed by atoms with E-state index in [1.54, 1.807) is 11.8 Å². The van der Waals surface area contributed by atoms with E-state index in [0.29, 0.717) is 12.5 Å². The number of thioether (sulfide) groups is 1. The summed E-state index contributed by atoms with van der Waals surface area (Å²) in [5, 5.41) is 0.943. The van der Waals surface area contributed by atoms with Crippen LogP contribution < -0.4 is 4.74 Å². The molecule has 1 aromatic carbocycles. The van der Waals surface area contributed by atoms with Crippen LogP contribution in [-0.4, -0.2) is 28.2 Å². The Morgan fingerprint density at radius 1 is 1.47 bits per heavy atom. The van der Waals surface area contributed by atoms with E-state index in [0.717, 1.165) is 34.1 Å². The molecule has 0 aliphatic rings. The first kappa shape index (κ1) is 12.6. The zero-order valence-corrected chi connectivity index (χ0v) is 11.3. The molecule has 1 heterocycles. The summed E-state index contributed by atoms with van der Waals surface area (Å²) in [5.74, 6) is 2.56. The van der Waals surface area contributed by atoms with Gasteiger partial charge in [-0.15, -0.1) is 11.6 Å². The summed E-state index contributed by atoms with van der Waals surface area (Å²) in [4.78, 5) is 7.78. The van der Waals surface area contributed by atoms with Gasteiger partial charge in [0.15, 0.2) is 5.16 Å². The highest BCUT2D eigenvalue weighted by molar-refractivity contribution is 7.99. The molecule has 2 aromatic rings. The molecule has 5 heteroatoms. The first-order valence-corrected chi connectivity index (χ1v) is 7.17. The van der Waals surface area contributed by atoms with Crippen molar-refractivity contribution in [1.29, 1.82) is 0 Å². The Balaban J connectivity index is 2.12. The topological polar surface area (TPSA) is 37.9 Å².